The van der Waals surface area contributed by atoms with E-state index in [1.165, 1.54) is 0 Å². The van der Waals surface area contributed by atoms with Crippen LogP contribution in [-0.4, -0.2) is 18.3 Å². The second kappa shape index (κ2) is 16.3. The summed E-state index contributed by atoms with van der Waals surface area (Å²) in [6.07, 6.45) is 0.611. The maximum Gasteiger partial charge on any atom is 0.123 e. The van der Waals surface area contributed by atoms with E-state index >= 15 is 8.78 Å². The summed E-state index contributed by atoms with van der Waals surface area (Å²) < 4.78 is 40.2. The smallest absolute Gasteiger partial charge is 0.123 e. The van der Waals surface area contributed by atoms with Gasteiger partial charge in [0.2, 0.25) is 0 Å². The molecule has 0 N–H and O–H groups in total. The van der Waals surface area contributed by atoms with Gasteiger partial charge in [-0.3, -0.25) is 0 Å². The highest BCUT2D eigenvalue weighted by molar-refractivity contribution is 6.28. The largest absolute Gasteiger partial charge is 0.309 e. The summed E-state index contributed by atoms with van der Waals surface area (Å²) >= 11 is 0. The molecule has 4 heterocycles. The molecule has 0 bridgehead atoms. The van der Waals surface area contributed by atoms with Gasteiger partial charge in [0.25, 0.3) is 0 Å². The first kappa shape index (κ1) is 42.2. The van der Waals surface area contributed by atoms with Gasteiger partial charge in [0.1, 0.15) is 11.6 Å². The Morgan fingerprint density at radius 3 is 1.05 bits per heavy atom. The van der Waals surface area contributed by atoms with Crippen molar-refractivity contribution in [2.24, 2.45) is 0 Å². The summed E-state index contributed by atoms with van der Waals surface area (Å²) in [6, 6.07) is 81.4. The van der Waals surface area contributed by atoms with E-state index in [1.54, 1.807) is 24.3 Å². The Morgan fingerprint density at radius 1 is 0.311 bits per heavy atom. The van der Waals surface area contributed by atoms with Crippen molar-refractivity contribution in [2.75, 3.05) is 0 Å². The van der Waals surface area contributed by atoms with Crippen LogP contribution in [-0.2, 0) is 6.42 Å². The van der Waals surface area contributed by atoms with Crippen LogP contribution in [0.1, 0.15) is 12.5 Å². The van der Waals surface area contributed by atoms with E-state index in [9.17, 15) is 0 Å². The normalized spacial score (nSPS) is 12.0. The lowest BCUT2D eigenvalue weighted by Crippen LogP contribution is -2.10. The zero-order valence-electron chi connectivity index (χ0n) is 40.3. The summed E-state index contributed by atoms with van der Waals surface area (Å²) in [7, 11) is 0. The molecule has 0 saturated carbocycles. The molecule has 0 aliphatic rings. The first-order valence-corrected chi connectivity index (χ1v) is 25.3. The van der Waals surface area contributed by atoms with Crippen molar-refractivity contribution in [3.8, 4) is 45.0 Å². The molecule has 6 heteroatoms. The zero-order chi connectivity index (χ0) is 49.2. The summed E-state index contributed by atoms with van der Waals surface area (Å²) in [5.74, 6) is -0.615. The van der Waals surface area contributed by atoms with Crippen molar-refractivity contribution in [3.05, 3.63) is 254 Å². The third-order valence-corrected chi connectivity index (χ3v) is 15.5. The fourth-order valence-corrected chi connectivity index (χ4v) is 12.5. The average molecular weight is 955 g/mol. The van der Waals surface area contributed by atoms with Crippen LogP contribution >= 0.6 is 0 Å². The minimum absolute atomic E-state index is 0.308. The molecule has 15 aromatic rings. The molecule has 4 aromatic heterocycles. The highest BCUT2D eigenvalue weighted by atomic mass is 19.1. The molecule has 4 nitrogen and oxygen atoms in total. The summed E-state index contributed by atoms with van der Waals surface area (Å²) in [6.45, 7) is 2.25. The van der Waals surface area contributed by atoms with Gasteiger partial charge in [0.05, 0.1) is 55.5 Å². The van der Waals surface area contributed by atoms with Crippen LogP contribution in [0.4, 0.5) is 8.78 Å². The van der Waals surface area contributed by atoms with E-state index in [0.29, 0.717) is 6.42 Å². The number of nitrogens with zero attached hydrogens (tertiary/aromatic N) is 4. The average Bonchev–Trinajstić information content (AvgIpc) is 4.20. The third kappa shape index (κ3) is 5.99. The topological polar surface area (TPSA) is 19.7 Å². The van der Waals surface area contributed by atoms with E-state index in [-0.39, 0.29) is 11.6 Å². The number of fused-ring (bicyclic) bond motifs is 14. The van der Waals surface area contributed by atoms with Crippen LogP contribution in [0, 0.1) is 11.6 Å². The van der Waals surface area contributed by atoms with Gasteiger partial charge in [-0.1, -0.05) is 153 Å². The van der Waals surface area contributed by atoms with E-state index in [4.69, 9.17) is 0 Å². The predicted molar refractivity (Wildman–Crippen MR) is 304 cm³/mol. The predicted octanol–water partition coefficient (Wildman–Crippen LogP) is 18.2. The van der Waals surface area contributed by atoms with Gasteiger partial charge in [-0.25, -0.2) is 8.78 Å². The molecular weight excluding hydrogens is 911 g/mol. The van der Waals surface area contributed by atoms with Crippen LogP contribution in [0.3, 0.4) is 0 Å². The van der Waals surface area contributed by atoms with Gasteiger partial charge in [-0.05, 0) is 109 Å². The first-order valence-electron chi connectivity index (χ1n) is 25.3. The van der Waals surface area contributed by atoms with Crippen LogP contribution in [0.25, 0.3) is 132 Å². The maximum absolute atomic E-state index is 15.2. The van der Waals surface area contributed by atoms with Crippen molar-refractivity contribution in [2.45, 2.75) is 13.3 Å². The number of halogens is 2. The quantitative estimate of drug-likeness (QED) is 0.152. The molecule has 0 amide bonds. The lowest BCUT2D eigenvalue weighted by molar-refractivity contribution is 0.627. The van der Waals surface area contributed by atoms with Gasteiger partial charge >= 0.3 is 0 Å². The first-order chi connectivity index (χ1) is 36.6. The second-order valence-electron chi connectivity index (χ2n) is 19.3. The van der Waals surface area contributed by atoms with Crippen LogP contribution < -0.4 is 0 Å². The highest BCUT2D eigenvalue weighted by Crippen LogP contribution is 2.50. The van der Waals surface area contributed by atoms with E-state index < -0.39 is 0 Å². The van der Waals surface area contributed by atoms with Gasteiger partial charge < -0.3 is 18.3 Å². The number of para-hydroxylation sites is 6. The van der Waals surface area contributed by atoms with Gasteiger partial charge in [0, 0.05) is 71.2 Å². The Hall–Kier alpha value is -9.52. The fraction of sp³-hybridized carbons (Fsp3) is 0.0294. The molecule has 0 aliphatic carbocycles. The van der Waals surface area contributed by atoms with E-state index in [2.05, 4.69) is 213 Å². The van der Waals surface area contributed by atoms with Gasteiger partial charge in [-0.2, -0.15) is 0 Å². The Labute approximate surface area is 424 Å². The lowest BCUT2D eigenvalue weighted by Gasteiger charge is -2.26. The van der Waals surface area contributed by atoms with E-state index in [0.717, 1.165) is 138 Å². The van der Waals surface area contributed by atoms with Crippen LogP contribution in [0.2, 0.25) is 0 Å². The lowest BCUT2D eigenvalue weighted by atomic mass is 9.89. The SMILES string of the molecule is CCc1c(-n2c3ccccc3c3ccc4c(c5ccccc5n4-c4ccccc4)c32)c(-c2ccc(F)cc2)cc(-c2ccc(F)cc2)c1-n1c2ccccc2c2ccc3c(c4ccccc4n3-c3ccccc3)c21. The molecule has 15 rings (SSSR count). The highest BCUT2D eigenvalue weighted by Gasteiger charge is 2.30. The molecule has 0 fully saturated rings. The molecule has 0 saturated heterocycles. The molecular formula is C68H44F2N4. The molecule has 0 spiro atoms. The van der Waals surface area contributed by atoms with Crippen molar-refractivity contribution in [1.82, 2.24) is 18.3 Å². The van der Waals surface area contributed by atoms with Gasteiger partial charge in [-0.15, -0.1) is 0 Å². The number of aromatic nitrogens is 4. The van der Waals surface area contributed by atoms with Crippen molar-refractivity contribution in [3.63, 3.8) is 0 Å². The Bertz CT molecular complexity index is 4450. The summed E-state index contributed by atoms with van der Waals surface area (Å²) in [4.78, 5) is 0. The molecule has 11 aromatic carbocycles. The maximum atomic E-state index is 15.2. The van der Waals surface area contributed by atoms with Crippen LogP contribution in [0.5, 0.6) is 0 Å². The number of hydrogen-bond donors (Lipinski definition) is 0. The van der Waals surface area contributed by atoms with Crippen molar-refractivity contribution >= 4 is 87.2 Å². The second-order valence-corrected chi connectivity index (χ2v) is 19.3. The molecule has 74 heavy (non-hydrogen) atoms. The minimum Gasteiger partial charge on any atom is -0.309 e. The fourth-order valence-electron chi connectivity index (χ4n) is 12.5. The zero-order valence-corrected chi connectivity index (χ0v) is 40.3. The standard InChI is InChI=1S/C68H44F2N4/c1-2-48-65(73-57-25-13-9-21-49(57)51-37-39-61-63(67(51)73)53-23-11-15-27-59(53)71(61)46-17-5-3-6-18-46)55(42-29-33-44(69)34-30-42)41-56(43-31-35-45(70)36-32-43)66(48)74-58-26-14-10-22-50(58)52-38-40-62-64(68(52)74)54-24-12-16-28-60(54)72(62)47-19-7-4-8-20-47/h3-41H,2H2,1H3. The van der Waals surface area contributed by atoms with Crippen LogP contribution in [0.15, 0.2) is 237 Å². The molecule has 0 atom stereocenters. The van der Waals surface area contributed by atoms with Crippen molar-refractivity contribution < 1.29 is 8.78 Å². The monoisotopic (exact) mass is 954 g/mol. The molecule has 350 valence electrons. The number of benzene rings is 11. The Kier molecular flexibility index (Phi) is 9.27. The summed E-state index contributed by atoms with van der Waals surface area (Å²) in [5, 5.41) is 9.09. The Morgan fingerprint density at radius 2 is 0.662 bits per heavy atom. The number of rotatable bonds is 7. The molecule has 0 radical (unpaired) electrons. The van der Waals surface area contributed by atoms with E-state index in [1.807, 2.05) is 24.3 Å². The third-order valence-electron chi connectivity index (χ3n) is 15.5. The Balaban J connectivity index is 1.19. The van der Waals surface area contributed by atoms with Gasteiger partial charge in [0.15, 0.2) is 0 Å². The number of hydrogen-bond acceptors (Lipinski definition) is 0. The summed E-state index contributed by atoms with van der Waals surface area (Å²) in [5.41, 5.74) is 17.6. The minimum atomic E-state index is -0.308. The van der Waals surface area contributed by atoms with Crippen molar-refractivity contribution in [1.29, 1.82) is 0 Å². The molecule has 0 unspecified atom stereocenters. The molecule has 0 aliphatic heterocycles.